The van der Waals surface area contributed by atoms with Gasteiger partial charge in [-0.2, -0.15) is 0 Å². The monoisotopic (exact) mass is 324 g/mol. The highest BCUT2D eigenvalue weighted by atomic mass is 32.1. The first-order chi connectivity index (χ1) is 10.0. The van der Waals surface area contributed by atoms with Crippen LogP contribution in [0.5, 0.6) is 0 Å². The van der Waals surface area contributed by atoms with Crippen molar-refractivity contribution in [3.05, 3.63) is 32.5 Å². The van der Waals surface area contributed by atoms with Crippen molar-refractivity contribution in [3.63, 3.8) is 0 Å². The number of carbonyl (C=O) groups is 2. The fourth-order valence-electron chi connectivity index (χ4n) is 1.69. The molecule has 2 rings (SSSR count). The quantitative estimate of drug-likeness (QED) is 0.855. The van der Waals surface area contributed by atoms with Crippen LogP contribution in [0.15, 0.2) is 11.4 Å². The van der Waals surface area contributed by atoms with Crippen LogP contribution in [0.4, 0.5) is 5.13 Å². The average Bonchev–Trinajstić information content (AvgIpc) is 3.05. The second kappa shape index (κ2) is 6.82. The lowest BCUT2D eigenvalue weighted by molar-refractivity contribution is 0.0531. The number of hydrogen-bond acceptors (Lipinski definition) is 6. The molecule has 1 N–H and O–H groups in total. The Balaban J connectivity index is 2.11. The molecule has 5 nitrogen and oxygen atoms in total. The minimum Gasteiger partial charge on any atom is -0.462 e. The molecule has 0 atom stereocenters. The summed E-state index contributed by atoms with van der Waals surface area (Å²) in [5, 5.41) is 4.95. The van der Waals surface area contributed by atoms with Crippen molar-refractivity contribution in [2.45, 2.75) is 27.2 Å². The molecule has 0 saturated carbocycles. The number of hydrogen-bond donors (Lipinski definition) is 1. The second-order valence-corrected chi connectivity index (χ2v) is 6.26. The fourth-order valence-corrected chi connectivity index (χ4v) is 3.36. The summed E-state index contributed by atoms with van der Waals surface area (Å²) in [5.41, 5.74) is 1.18. The van der Waals surface area contributed by atoms with E-state index in [2.05, 4.69) is 10.3 Å². The van der Waals surface area contributed by atoms with E-state index in [1.165, 1.54) is 0 Å². The summed E-state index contributed by atoms with van der Waals surface area (Å²) in [6.45, 7) is 5.83. The Morgan fingerprint density at radius 3 is 2.76 bits per heavy atom. The van der Waals surface area contributed by atoms with Crippen LogP contribution in [0.1, 0.15) is 44.4 Å². The van der Waals surface area contributed by atoms with Gasteiger partial charge < -0.3 is 4.74 Å². The molecule has 21 heavy (non-hydrogen) atoms. The Labute approximate surface area is 131 Å². The van der Waals surface area contributed by atoms with Gasteiger partial charge in [0.05, 0.1) is 17.9 Å². The number of aryl methyl sites for hydroxylation is 2. The number of rotatable bonds is 5. The lowest BCUT2D eigenvalue weighted by Crippen LogP contribution is -2.10. The van der Waals surface area contributed by atoms with Crippen LogP contribution < -0.4 is 5.32 Å². The number of carbonyl (C=O) groups excluding carboxylic acids is 2. The number of nitrogens with one attached hydrogen (secondary N) is 1. The summed E-state index contributed by atoms with van der Waals surface area (Å²) in [7, 11) is 0. The van der Waals surface area contributed by atoms with Gasteiger partial charge in [-0.3, -0.25) is 10.1 Å². The van der Waals surface area contributed by atoms with Gasteiger partial charge in [0.15, 0.2) is 5.13 Å². The maximum atomic E-state index is 12.1. The van der Waals surface area contributed by atoms with E-state index in [1.807, 2.05) is 18.4 Å². The van der Waals surface area contributed by atoms with E-state index in [9.17, 15) is 9.59 Å². The Morgan fingerprint density at radius 1 is 1.38 bits per heavy atom. The van der Waals surface area contributed by atoms with Gasteiger partial charge in [-0.15, -0.1) is 11.3 Å². The van der Waals surface area contributed by atoms with Gasteiger partial charge in [0, 0.05) is 10.3 Å². The molecule has 0 unspecified atom stereocenters. The molecule has 0 radical (unpaired) electrons. The predicted molar refractivity (Wildman–Crippen MR) is 84.5 cm³/mol. The summed E-state index contributed by atoms with van der Waals surface area (Å²) >= 11 is 2.69. The van der Waals surface area contributed by atoms with Gasteiger partial charge in [-0.25, -0.2) is 9.78 Å². The molecule has 0 spiro atoms. The zero-order valence-electron chi connectivity index (χ0n) is 12.1. The van der Waals surface area contributed by atoms with Gasteiger partial charge in [-0.05, 0) is 26.3 Å². The van der Waals surface area contributed by atoms with Crippen LogP contribution in [0.25, 0.3) is 0 Å². The third-order valence-corrected chi connectivity index (χ3v) is 4.88. The minimum atomic E-state index is -0.406. The van der Waals surface area contributed by atoms with Crippen LogP contribution in [0, 0.1) is 6.92 Å². The standard InChI is InChI=1S/C14H16N2O3S2/c1-4-10-6-9(7-20-10)12(17)16-14-15-8(3)11(21-14)13(18)19-5-2/h6-7H,4-5H2,1-3H3,(H,15,16,17). The molecule has 0 bridgehead atoms. The number of aromatic nitrogens is 1. The number of anilines is 1. The smallest absolute Gasteiger partial charge is 0.350 e. The third-order valence-electron chi connectivity index (χ3n) is 2.74. The topological polar surface area (TPSA) is 68.3 Å². The maximum absolute atomic E-state index is 12.1. The van der Waals surface area contributed by atoms with Gasteiger partial charge in [0.25, 0.3) is 5.91 Å². The maximum Gasteiger partial charge on any atom is 0.350 e. The van der Waals surface area contributed by atoms with Crippen molar-refractivity contribution in [3.8, 4) is 0 Å². The lowest BCUT2D eigenvalue weighted by Gasteiger charge is -1.98. The summed E-state index contributed by atoms with van der Waals surface area (Å²) in [6.07, 6.45) is 0.904. The molecule has 0 aliphatic heterocycles. The van der Waals surface area contributed by atoms with Crippen molar-refractivity contribution >= 4 is 39.7 Å². The van der Waals surface area contributed by atoms with Gasteiger partial charge in [0.2, 0.25) is 0 Å². The van der Waals surface area contributed by atoms with Crippen LogP contribution in [-0.2, 0) is 11.2 Å². The van der Waals surface area contributed by atoms with E-state index in [-0.39, 0.29) is 5.91 Å². The predicted octanol–water partition coefficient (Wildman–Crippen LogP) is 3.50. The van der Waals surface area contributed by atoms with Crippen LogP contribution in [0.2, 0.25) is 0 Å². The second-order valence-electron chi connectivity index (χ2n) is 4.26. The Kier molecular flexibility index (Phi) is 5.08. The number of nitrogens with zero attached hydrogens (tertiary/aromatic N) is 1. The number of ether oxygens (including phenoxy) is 1. The molecule has 7 heteroatoms. The first-order valence-corrected chi connectivity index (χ1v) is 8.28. The molecule has 0 aliphatic carbocycles. The van der Waals surface area contributed by atoms with Gasteiger partial charge >= 0.3 is 5.97 Å². The Bertz CT molecular complexity index is 661. The first kappa shape index (κ1) is 15.7. The van der Waals surface area contributed by atoms with E-state index in [0.29, 0.717) is 27.9 Å². The molecule has 0 saturated heterocycles. The van der Waals surface area contributed by atoms with Crippen molar-refractivity contribution in [2.75, 3.05) is 11.9 Å². The molecule has 2 heterocycles. The summed E-state index contributed by atoms with van der Waals surface area (Å²) in [5.74, 6) is -0.619. The first-order valence-electron chi connectivity index (χ1n) is 6.58. The molecule has 2 aromatic rings. The number of thiazole rings is 1. The molecule has 0 fully saturated rings. The summed E-state index contributed by atoms with van der Waals surface area (Å²) in [6, 6.07) is 1.87. The van der Waals surface area contributed by atoms with E-state index in [4.69, 9.17) is 4.74 Å². The largest absolute Gasteiger partial charge is 0.462 e. The Hall–Kier alpha value is -1.73. The molecule has 2 aromatic heterocycles. The summed E-state index contributed by atoms with van der Waals surface area (Å²) < 4.78 is 4.95. The molecular weight excluding hydrogens is 308 g/mol. The van der Waals surface area contributed by atoms with Crippen LogP contribution in [-0.4, -0.2) is 23.5 Å². The minimum absolute atomic E-state index is 0.213. The average molecular weight is 324 g/mol. The van der Waals surface area contributed by atoms with E-state index in [1.54, 1.807) is 25.2 Å². The van der Waals surface area contributed by atoms with Crippen LogP contribution in [0.3, 0.4) is 0 Å². The number of amides is 1. The van der Waals surface area contributed by atoms with Gasteiger partial charge in [0.1, 0.15) is 4.88 Å². The molecule has 112 valence electrons. The number of thiophene rings is 1. The van der Waals surface area contributed by atoms with Crippen LogP contribution >= 0.6 is 22.7 Å². The van der Waals surface area contributed by atoms with E-state index >= 15 is 0 Å². The zero-order chi connectivity index (χ0) is 15.4. The van der Waals surface area contributed by atoms with Crippen molar-refractivity contribution in [2.24, 2.45) is 0 Å². The van der Waals surface area contributed by atoms with Crippen molar-refractivity contribution in [1.29, 1.82) is 0 Å². The van der Waals surface area contributed by atoms with Gasteiger partial charge in [-0.1, -0.05) is 18.3 Å². The molecule has 0 aromatic carbocycles. The number of esters is 1. The fraction of sp³-hybridized carbons (Fsp3) is 0.357. The molecule has 1 amide bonds. The van der Waals surface area contributed by atoms with Crippen molar-refractivity contribution in [1.82, 2.24) is 4.98 Å². The lowest BCUT2D eigenvalue weighted by atomic mass is 10.3. The Morgan fingerprint density at radius 2 is 2.14 bits per heavy atom. The normalized spacial score (nSPS) is 10.4. The van der Waals surface area contributed by atoms with Crippen molar-refractivity contribution < 1.29 is 14.3 Å². The third kappa shape index (κ3) is 3.68. The van der Waals surface area contributed by atoms with E-state index < -0.39 is 5.97 Å². The highest BCUT2D eigenvalue weighted by Gasteiger charge is 2.18. The summed E-state index contributed by atoms with van der Waals surface area (Å²) in [4.78, 5) is 29.6. The highest BCUT2D eigenvalue weighted by Crippen LogP contribution is 2.24. The zero-order valence-corrected chi connectivity index (χ0v) is 13.7. The molecular formula is C14H16N2O3S2. The molecule has 0 aliphatic rings. The van der Waals surface area contributed by atoms with E-state index in [0.717, 1.165) is 22.6 Å². The highest BCUT2D eigenvalue weighted by molar-refractivity contribution is 7.17. The SMILES string of the molecule is CCOC(=O)c1sc(NC(=O)c2csc(CC)c2)nc1C.